The summed E-state index contributed by atoms with van der Waals surface area (Å²) in [6.07, 6.45) is 3.84. The highest BCUT2D eigenvalue weighted by Gasteiger charge is 2.34. The predicted octanol–water partition coefficient (Wildman–Crippen LogP) is 3.94. The molecule has 0 radical (unpaired) electrons. The van der Waals surface area contributed by atoms with Crippen LogP contribution in [-0.4, -0.2) is 31.1 Å². The molecule has 1 aliphatic rings. The number of likely N-dealkylation sites (N-methyl/N-ethyl adjacent to an activating group) is 2. The van der Waals surface area contributed by atoms with E-state index in [0.717, 1.165) is 6.54 Å². The standard InChI is InChI=1S/C18H30N2/c1-5-7-12-20(6-2)17-13-14(3)15-10-8-9-11-16(15)18(17)19-4/h8-11,14,17-19H,5-7,12-13H2,1-4H3. The normalized spacial score (nSPS) is 25.8. The molecule has 0 aliphatic heterocycles. The third kappa shape index (κ3) is 3.07. The summed E-state index contributed by atoms with van der Waals surface area (Å²) in [5, 5.41) is 3.58. The summed E-state index contributed by atoms with van der Waals surface area (Å²) in [7, 11) is 2.11. The van der Waals surface area contributed by atoms with Gasteiger partial charge in [-0.2, -0.15) is 0 Å². The fourth-order valence-corrected chi connectivity index (χ4v) is 3.70. The first kappa shape index (κ1) is 15.5. The van der Waals surface area contributed by atoms with Crippen molar-refractivity contribution in [1.29, 1.82) is 0 Å². The van der Waals surface area contributed by atoms with E-state index in [4.69, 9.17) is 0 Å². The maximum atomic E-state index is 3.58. The van der Waals surface area contributed by atoms with E-state index in [-0.39, 0.29) is 0 Å². The largest absolute Gasteiger partial charge is 0.312 e. The summed E-state index contributed by atoms with van der Waals surface area (Å²) in [5.74, 6) is 0.663. The summed E-state index contributed by atoms with van der Waals surface area (Å²) in [5.41, 5.74) is 3.04. The number of hydrogen-bond donors (Lipinski definition) is 1. The molecule has 2 nitrogen and oxygen atoms in total. The van der Waals surface area contributed by atoms with Gasteiger partial charge in [-0.1, -0.05) is 51.5 Å². The van der Waals surface area contributed by atoms with Gasteiger partial charge in [0.25, 0.3) is 0 Å². The van der Waals surface area contributed by atoms with Crippen LogP contribution in [0.5, 0.6) is 0 Å². The lowest BCUT2D eigenvalue weighted by atomic mass is 9.77. The third-order valence-electron chi connectivity index (χ3n) is 4.83. The molecule has 3 unspecified atom stereocenters. The number of rotatable bonds is 6. The zero-order valence-electron chi connectivity index (χ0n) is 13.5. The first-order chi connectivity index (χ1) is 9.72. The van der Waals surface area contributed by atoms with E-state index < -0.39 is 0 Å². The number of hydrogen-bond acceptors (Lipinski definition) is 2. The lowest BCUT2D eigenvalue weighted by Crippen LogP contribution is -2.47. The minimum Gasteiger partial charge on any atom is -0.312 e. The van der Waals surface area contributed by atoms with Crippen LogP contribution in [0.1, 0.15) is 63.1 Å². The second kappa shape index (κ2) is 7.24. The number of nitrogens with one attached hydrogen (secondary N) is 1. The quantitative estimate of drug-likeness (QED) is 0.845. The summed E-state index contributed by atoms with van der Waals surface area (Å²) >= 11 is 0. The van der Waals surface area contributed by atoms with Crippen molar-refractivity contribution >= 4 is 0 Å². The zero-order chi connectivity index (χ0) is 14.5. The summed E-state index contributed by atoms with van der Waals surface area (Å²) < 4.78 is 0. The molecular weight excluding hydrogens is 244 g/mol. The molecule has 1 N–H and O–H groups in total. The molecule has 0 fully saturated rings. The lowest BCUT2D eigenvalue weighted by Gasteiger charge is -2.43. The summed E-state index contributed by atoms with van der Waals surface area (Å²) in [4.78, 5) is 2.68. The molecule has 0 spiro atoms. The van der Waals surface area contributed by atoms with Gasteiger partial charge in [0.15, 0.2) is 0 Å². The molecule has 112 valence electrons. The molecule has 1 aromatic carbocycles. The first-order valence-electron chi connectivity index (χ1n) is 8.23. The highest BCUT2D eigenvalue weighted by atomic mass is 15.2. The van der Waals surface area contributed by atoms with E-state index in [1.807, 2.05) is 0 Å². The second-order valence-corrected chi connectivity index (χ2v) is 6.08. The Labute approximate surface area is 124 Å². The fourth-order valence-electron chi connectivity index (χ4n) is 3.70. The Morgan fingerprint density at radius 1 is 1.20 bits per heavy atom. The Bertz CT molecular complexity index is 416. The maximum Gasteiger partial charge on any atom is 0.0478 e. The van der Waals surface area contributed by atoms with Crippen LogP contribution in [0.4, 0.5) is 0 Å². The van der Waals surface area contributed by atoms with Gasteiger partial charge in [-0.25, -0.2) is 0 Å². The maximum absolute atomic E-state index is 3.58. The van der Waals surface area contributed by atoms with E-state index in [2.05, 4.69) is 62.3 Å². The molecule has 1 aliphatic carbocycles. The Kier molecular flexibility index (Phi) is 5.62. The van der Waals surface area contributed by atoms with Crippen LogP contribution >= 0.6 is 0 Å². The number of benzene rings is 1. The average Bonchev–Trinajstić information content (AvgIpc) is 2.48. The molecule has 0 amide bonds. The van der Waals surface area contributed by atoms with Gasteiger partial charge >= 0.3 is 0 Å². The van der Waals surface area contributed by atoms with Crippen LogP contribution in [-0.2, 0) is 0 Å². The predicted molar refractivity (Wildman–Crippen MR) is 87.2 cm³/mol. The Morgan fingerprint density at radius 3 is 2.50 bits per heavy atom. The topological polar surface area (TPSA) is 15.3 Å². The van der Waals surface area contributed by atoms with Crippen molar-refractivity contribution in [3.8, 4) is 0 Å². The number of nitrogens with zero attached hydrogens (tertiary/aromatic N) is 1. The first-order valence-corrected chi connectivity index (χ1v) is 8.23. The molecule has 0 heterocycles. The van der Waals surface area contributed by atoms with Gasteiger partial charge in [-0.15, -0.1) is 0 Å². The smallest absolute Gasteiger partial charge is 0.0478 e. The molecule has 20 heavy (non-hydrogen) atoms. The number of fused-ring (bicyclic) bond motifs is 1. The SMILES string of the molecule is CCCCN(CC)C1CC(C)c2ccccc2C1NC. The van der Waals surface area contributed by atoms with Crippen molar-refractivity contribution in [2.45, 2.75) is 58.0 Å². The molecule has 0 bridgehead atoms. The van der Waals surface area contributed by atoms with Gasteiger partial charge in [0.05, 0.1) is 0 Å². The van der Waals surface area contributed by atoms with Crippen molar-refractivity contribution < 1.29 is 0 Å². The minimum absolute atomic E-state index is 0.471. The van der Waals surface area contributed by atoms with Crippen LogP contribution in [0.15, 0.2) is 24.3 Å². The molecule has 3 atom stereocenters. The molecular formula is C18H30N2. The molecule has 2 rings (SSSR count). The van der Waals surface area contributed by atoms with Gasteiger partial charge in [-0.05, 0) is 50.0 Å². The van der Waals surface area contributed by atoms with Gasteiger partial charge in [0.2, 0.25) is 0 Å². The second-order valence-electron chi connectivity index (χ2n) is 6.08. The Morgan fingerprint density at radius 2 is 1.90 bits per heavy atom. The van der Waals surface area contributed by atoms with E-state index in [1.54, 1.807) is 0 Å². The average molecular weight is 274 g/mol. The molecule has 0 aromatic heterocycles. The van der Waals surface area contributed by atoms with Crippen LogP contribution in [0.3, 0.4) is 0 Å². The van der Waals surface area contributed by atoms with Crippen molar-refractivity contribution in [3.63, 3.8) is 0 Å². The Hall–Kier alpha value is -0.860. The Balaban J connectivity index is 2.26. The van der Waals surface area contributed by atoms with Gasteiger partial charge in [0.1, 0.15) is 0 Å². The lowest BCUT2D eigenvalue weighted by molar-refractivity contribution is 0.140. The van der Waals surface area contributed by atoms with Crippen molar-refractivity contribution in [2.24, 2.45) is 0 Å². The van der Waals surface area contributed by atoms with Crippen molar-refractivity contribution in [1.82, 2.24) is 10.2 Å². The minimum atomic E-state index is 0.471. The van der Waals surface area contributed by atoms with Crippen LogP contribution in [0.25, 0.3) is 0 Å². The van der Waals surface area contributed by atoms with Crippen LogP contribution in [0, 0.1) is 0 Å². The van der Waals surface area contributed by atoms with Gasteiger partial charge in [0, 0.05) is 12.1 Å². The zero-order valence-corrected chi connectivity index (χ0v) is 13.5. The monoisotopic (exact) mass is 274 g/mol. The number of unbranched alkanes of at least 4 members (excludes halogenated alkanes) is 1. The molecule has 2 heteroatoms. The van der Waals surface area contributed by atoms with E-state index in [1.165, 1.54) is 36.9 Å². The summed E-state index contributed by atoms with van der Waals surface area (Å²) in [6, 6.07) is 10.1. The molecule has 1 aromatic rings. The highest BCUT2D eigenvalue weighted by Crippen LogP contribution is 2.39. The fraction of sp³-hybridized carbons (Fsp3) is 0.667. The van der Waals surface area contributed by atoms with E-state index >= 15 is 0 Å². The highest BCUT2D eigenvalue weighted by molar-refractivity contribution is 5.36. The van der Waals surface area contributed by atoms with E-state index in [9.17, 15) is 0 Å². The molecule has 0 saturated carbocycles. The molecule has 0 saturated heterocycles. The van der Waals surface area contributed by atoms with Crippen LogP contribution in [0.2, 0.25) is 0 Å². The van der Waals surface area contributed by atoms with Crippen molar-refractivity contribution in [3.05, 3.63) is 35.4 Å². The van der Waals surface area contributed by atoms with E-state index in [0.29, 0.717) is 18.0 Å². The summed E-state index contributed by atoms with van der Waals surface area (Å²) in [6.45, 7) is 9.34. The third-order valence-corrected chi connectivity index (χ3v) is 4.83. The van der Waals surface area contributed by atoms with Gasteiger partial charge < -0.3 is 5.32 Å². The van der Waals surface area contributed by atoms with Crippen molar-refractivity contribution in [2.75, 3.05) is 20.1 Å². The van der Waals surface area contributed by atoms with Crippen LogP contribution < -0.4 is 5.32 Å². The van der Waals surface area contributed by atoms with Gasteiger partial charge in [-0.3, -0.25) is 4.90 Å².